The number of aromatic nitrogens is 7. The van der Waals surface area contributed by atoms with Crippen molar-refractivity contribution in [2.45, 2.75) is 0 Å². The van der Waals surface area contributed by atoms with Crippen molar-refractivity contribution in [1.29, 1.82) is 0 Å². The number of carbonyl (C=O) groups is 1. The quantitative estimate of drug-likeness (QED) is 0.591. The Morgan fingerprint density at radius 3 is 3.00 bits per heavy atom. The number of hydrogen-bond donors (Lipinski definition) is 1. The van der Waals surface area contributed by atoms with Crippen LogP contribution in [0.3, 0.4) is 0 Å². The van der Waals surface area contributed by atoms with E-state index in [1.54, 1.807) is 47.3 Å². The van der Waals surface area contributed by atoms with Crippen molar-refractivity contribution in [3.8, 4) is 11.4 Å². The first-order chi connectivity index (χ1) is 12.2. The van der Waals surface area contributed by atoms with E-state index in [4.69, 9.17) is 4.74 Å². The molecular weight excluding hydrogens is 324 g/mol. The molecule has 0 aliphatic heterocycles. The Hall–Kier alpha value is -3.82. The highest BCUT2D eigenvalue weighted by Gasteiger charge is 2.14. The van der Waals surface area contributed by atoms with Crippen LogP contribution in [0.4, 0.5) is 5.69 Å². The van der Waals surface area contributed by atoms with Gasteiger partial charge in [-0.05, 0) is 28.6 Å². The van der Waals surface area contributed by atoms with Crippen LogP contribution in [0.15, 0.2) is 49.2 Å². The van der Waals surface area contributed by atoms with Crippen LogP contribution in [0.2, 0.25) is 0 Å². The Labute approximate surface area is 141 Å². The average molecular weight is 336 g/mol. The van der Waals surface area contributed by atoms with E-state index in [-0.39, 0.29) is 11.6 Å². The molecule has 0 radical (unpaired) electrons. The van der Waals surface area contributed by atoms with Gasteiger partial charge in [-0.2, -0.15) is 0 Å². The van der Waals surface area contributed by atoms with Crippen LogP contribution in [0.5, 0.6) is 5.75 Å². The summed E-state index contributed by atoms with van der Waals surface area (Å²) in [7, 11) is 1.52. The third kappa shape index (κ3) is 2.76. The number of carbonyl (C=O) groups excluding carboxylic acids is 1. The molecule has 10 nitrogen and oxygen atoms in total. The van der Waals surface area contributed by atoms with Crippen molar-refractivity contribution >= 4 is 17.4 Å². The van der Waals surface area contributed by atoms with Gasteiger partial charge in [-0.1, -0.05) is 0 Å². The first-order valence-electron chi connectivity index (χ1n) is 7.27. The van der Waals surface area contributed by atoms with Gasteiger partial charge in [0, 0.05) is 24.7 Å². The second-order valence-corrected chi connectivity index (χ2v) is 5.05. The molecule has 1 N–H and O–H groups in total. The highest BCUT2D eigenvalue weighted by molar-refractivity contribution is 6.04. The van der Waals surface area contributed by atoms with E-state index >= 15 is 0 Å². The van der Waals surface area contributed by atoms with Crippen molar-refractivity contribution < 1.29 is 9.53 Å². The van der Waals surface area contributed by atoms with Gasteiger partial charge in [0.05, 0.1) is 18.5 Å². The summed E-state index contributed by atoms with van der Waals surface area (Å²) in [4.78, 5) is 20.7. The van der Waals surface area contributed by atoms with Gasteiger partial charge in [0.15, 0.2) is 0 Å². The fourth-order valence-corrected chi connectivity index (χ4v) is 2.33. The third-order valence-electron chi connectivity index (χ3n) is 3.52. The Balaban J connectivity index is 1.62. The van der Waals surface area contributed by atoms with Crippen molar-refractivity contribution in [2.24, 2.45) is 0 Å². The maximum Gasteiger partial charge on any atom is 0.276 e. The largest absolute Gasteiger partial charge is 0.494 e. The van der Waals surface area contributed by atoms with Gasteiger partial charge >= 0.3 is 0 Å². The maximum absolute atomic E-state index is 12.5. The lowest BCUT2D eigenvalue weighted by molar-refractivity contribution is 0.102. The highest BCUT2D eigenvalue weighted by atomic mass is 16.5. The molecule has 3 aromatic heterocycles. The second kappa shape index (κ2) is 6.00. The molecule has 0 aliphatic rings. The topological polar surface area (TPSA) is 112 Å². The standard InChI is InChI=1S/C15H12N8O2/c1-25-13-7-10(23-9-17-20-21-23)3-4-11(13)18-14(24)12-8-22-6-2-5-16-15(22)19-12/h2-9H,1H3,(H,18,24). The minimum absolute atomic E-state index is 0.255. The molecule has 0 bridgehead atoms. The number of amides is 1. The van der Waals surface area contributed by atoms with E-state index in [1.807, 2.05) is 0 Å². The Kier molecular flexibility index (Phi) is 3.54. The summed E-state index contributed by atoms with van der Waals surface area (Å²) in [5.41, 5.74) is 1.47. The van der Waals surface area contributed by atoms with E-state index in [0.29, 0.717) is 22.9 Å². The summed E-state index contributed by atoms with van der Waals surface area (Å²) in [5.74, 6) is 0.566. The summed E-state index contributed by atoms with van der Waals surface area (Å²) in [6, 6.07) is 6.95. The number of imidazole rings is 1. The zero-order chi connectivity index (χ0) is 17.2. The second-order valence-electron chi connectivity index (χ2n) is 5.05. The monoisotopic (exact) mass is 336 g/mol. The zero-order valence-electron chi connectivity index (χ0n) is 13.1. The van der Waals surface area contributed by atoms with Crippen molar-refractivity contribution in [3.05, 3.63) is 54.9 Å². The van der Waals surface area contributed by atoms with Crippen LogP contribution >= 0.6 is 0 Å². The van der Waals surface area contributed by atoms with Crippen LogP contribution in [0.1, 0.15) is 10.5 Å². The molecule has 10 heteroatoms. The minimum atomic E-state index is -0.362. The first-order valence-corrected chi connectivity index (χ1v) is 7.27. The molecule has 0 saturated carbocycles. The molecule has 0 atom stereocenters. The Bertz CT molecular complexity index is 1010. The molecule has 4 aromatic rings. The van der Waals surface area contributed by atoms with Gasteiger partial charge < -0.3 is 10.1 Å². The molecular formula is C15H12N8O2. The van der Waals surface area contributed by atoms with E-state index in [0.717, 1.165) is 0 Å². The van der Waals surface area contributed by atoms with Gasteiger partial charge in [-0.15, -0.1) is 5.10 Å². The molecule has 3 heterocycles. The molecule has 0 unspecified atom stereocenters. The Morgan fingerprint density at radius 2 is 2.24 bits per heavy atom. The molecule has 0 fully saturated rings. The third-order valence-corrected chi connectivity index (χ3v) is 3.52. The van der Waals surface area contributed by atoms with Gasteiger partial charge in [0.2, 0.25) is 5.78 Å². The van der Waals surface area contributed by atoms with Crippen LogP contribution in [-0.4, -0.2) is 47.6 Å². The van der Waals surface area contributed by atoms with Crippen LogP contribution in [0, 0.1) is 0 Å². The predicted octanol–water partition coefficient (Wildman–Crippen LogP) is 0.966. The molecule has 124 valence electrons. The van der Waals surface area contributed by atoms with E-state index in [2.05, 4.69) is 30.8 Å². The molecule has 25 heavy (non-hydrogen) atoms. The number of hydrogen-bond acceptors (Lipinski definition) is 7. The SMILES string of the molecule is COc1cc(-n2cnnn2)ccc1NC(=O)c1cn2cccnc2n1. The van der Waals surface area contributed by atoms with E-state index in [1.165, 1.54) is 18.1 Å². The number of methoxy groups -OCH3 is 1. The van der Waals surface area contributed by atoms with Gasteiger partial charge in [0.25, 0.3) is 5.91 Å². The number of tetrazole rings is 1. The molecule has 4 rings (SSSR count). The lowest BCUT2D eigenvalue weighted by Crippen LogP contribution is -2.13. The van der Waals surface area contributed by atoms with Crippen molar-refractivity contribution in [2.75, 3.05) is 12.4 Å². The lowest BCUT2D eigenvalue weighted by Gasteiger charge is -2.10. The number of nitrogens with zero attached hydrogens (tertiary/aromatic N) is 7. The summed E-state index contributed by atoms with van der Waals surface area (Å²) < 4.78 is 8.51. The molecule has 0 saturated heterocycles. The fraction of sp³-hybridized carbons (Fsp3) is 0.0667. The first kappa shape index (κ1) is 14.8. The van der Waals surface area contributed by atoms with Gasteiger partial charge in [-0.25, -0.2) is 14.6 Å². The molecule has 1 amide bonds. The summed E-state index contributed by atoms with van der Waals surface area (Å²) in [6.07, 6.45) is 6.47. The number of ether oxygens (including phenoxy) is 1. The number of benzene rings is 1. The maximum atomic E-state index is 12.5. The summed E-state index contributed by atoms with van der Waals surface area (Å²) >= 11 is 0. The zero-order valence-corrected chi connectivity index (χ0v) is 13.1. The fourth-order valence-electron chi connectivity index (χ4n) is 2.33. The summed E-state index contributed by atoms with van der Waals surface area (Å²) in [5, 5.41) is 13.8. The van der Waals surface area contributed by atoms with Gasteiger partial charge in [-0.3, -0.25) is 9.20 Å². The van der Waals surface area contributed by atoms with Crippen LogP contribution in [-0.2, 0) is 0 Å². The van der Waals surface area contributed by atoms with Gasteiger partial charge in [0.1, 0.15) is 17.8 Å². The van der Waals surface area contributed by atoms with Crippen molar-refractivity contribution in [3.63, 3.8) is 0 Å². The summed E-state index contributed by atoms with van der Waals surface area (Å²) in [6.45, 7) is 0. The number of nitrogens with one attached hydrogen (secondary N) is 1. The smallest absolute Gasteiger partial charge is 0.276 e. The number of anilines is 1. The molecule has 0 spiro atoms. The predicted molar refractivity (Wildman–Crippen MR) is 86.6 cm³/mol. The Morgan fingerprint density at radius 1 is 1.32 bits per heavy atom. The van der Waals surface area contributed by atoms with E-state index in [9.17, 15) is 4.79 Å². The highest BCUT2D eigenvalue weighted by Crippen LogP contribution is 2.27. The number of rotatable bonds is 4. The molecule has 0 aliphatic carbocycles. The minimum Gasteiger partial charge on any atom is -0.494 e. The molecule has 1 aromatic carbocycles. The number of fused-ring (bicyclic) bond motifs is 1. The average Bonchev–Trinajstić information content (AvgIpc) is 3.31. The van der Waals surface area contributed by atoms with Crippen molar-refractivity contribution in [1.82, 2.24) is 34.6 Å². The van der Waals surface area contributed by atoms with Crippen LogP contribution < -0.4 is 10.1 Å². The normalized spacial score (nSPS) is 10.8. The van der Waals surface area contributed by atoms with E-state index < -0.39 is 0 Å². The lowest BCUT2D eigenvalue weighted by atomic mass is 10.2. The van der Waals surface area contributed by atoms with Crippen LogP contribution in [0.25, 0.3) is 11.5 Å².